The standard InChI is InChI=1S/C12H6F3N3O3/c13-6-1-2-10(16-5-6)17-12(19)8-3-7(14)4-9(11(8)15)18(20)21/h1-5H,(H,16,17,19). The van der Waals surface area contributed by atoms with Gasteiger partial charge in [0.05, 0.1) is 22.7 Å². The Hall–Kier alpha value is -2.97. The minimum absolute atomic E-state index is 0.118. The lowest BCUT2D eigenvalue weighted by molar-refractivity contribution is -0.387. The summed E-state index contributed by atoms with van der Waals surface area (Å²) < 4.78 is 39.6. The van der Waals surface area contributed by atoms with E-state index in [1.54, 1.807) is 0 Å². The van der Waals surface area contributed by atoms with E-state index in [1.807, 2.05) is 0 Å². The number of benzene rings is 1. The molecule has 108 valence electrons. The molecule has 0 saturated carbocycles. The Labute approximate surface area is 115 Å². The first kappa shape index (κ1) is 14.4. The van der Waals surface area contributed by atoms with Crippen LogP contribution in [0.1, 0.15) is 10.4 Å². The molecule has 0 unspecified atom stereocenters. The highest BCUT2D eigenvalue weighted by atomic mass is 19.1. The van der Waals surface area contributed by atoms with Gasteiger partial charge in [0, 0.05) is 0 Å². The van der Waals surface area contributed by atoms with Gasteiger partial charge >= 0.3 is 5.69 Å². The van der Waals surface area contributed by atoms with Crippen LogP contribution in [0.15, 0.2) is 30.5 Å². The van der Waals surface area contributed by atoms with Crippen molar-refractivity contribution in [2.45, 2.75) is 0 Å². The van der Waals surface area contributed by atoms with E-state index in [9.17, 15) is 28.1 Å². The summed E-state index contributed by atoms with van der Waals surface area (Å²) in [6, 6.07) is 2.97. The molecule has 0 aliphatic rings. The zero-order valence-corrected chi connectivity index (χ0v) is 10.1. The topological polar surface area (TPSA) is 85.1 Å². The zero-order valence-electron chi connectivity index (χ0n) is 10.1. The minimum Gasteiger partial charge on any atom is -0.306 e. The quantitative estimate of drug-likeness (QED) is 0.697. The number of anilines is 1. The molecule has 0 spiro atoms. The molecule has 6 nitrogen and oxygen atoms in total. The highest BCUT2D eigenvalue weighted by molar-refractivity contribution is 6.04. The van der Waals surface area contributed by atoms with Crippen molar-refractivity contribution in [1.29, 1.82) is 0 Å². The number of hydrogen-bond donors (Lipinski definition) is 1. The van der Waals surface area contributed by atoms with Crippen LogP contribution < -0.4 is 5.32 Å². The average Bonchev–Trinajstić information content (AvgIpc) is 2.43. The van der Waals surface area contributed by atoms with Crippen LogP contribution in [-0.2, 0) is 0 Å². The van der Waals surface area contributed by atoms with Crippen LogP contribution in [0.25, 0.3) is 0 Å². The van der Waals surface area contributed by atoms with Gasteiger partial charge in [-0.25, -0.2) is 13.8 Å². The molecule has 2 rings (SSSR count). The van der Waals surface area contributed by atoms with E-state index in [0.29, 0.717) is 12.1 Å². The highest BCUT2D eigenvalue weighted by Crippen LogP contribution is 2.23. The van der Waals surface area contributed by atoms with E-state index in [2.05, 4.69) is 10.3 Å². The maximum absolute atomic E-state index is 13.8. The molecule has 0 atom stereocenters. The predicted molar refractivity (Wildman–Crippen MR) is 65.2 cm³/mol. The summed E-state index contributed by atoms with van der Waals surface area (Å²) in [4.78, 5) is 24.7. The first-order chi connectivity index (χ1) is 9.88. The number of carbonyl (C=O) groups excluding carboxylic acids is 1. The number of nitrogens with one attached hydrogen (secondary N) is 1. The second-order valence-corrected chi connectivity index (χ2v) is 3.86. The summed E-state index contributed by atoms with van der Waals surface area (Å²) in [5, 5.41) is 12.6. The molecule has 0 radical (unpaired) electrons. The maximum Gasteiger partial charge on any atom is 0.308 e. The zero-order chi connectivity index (χ0) is 15.6. The van der Waals surface area contributed by atoms with Crippen LogP contribution in [-0.4, -0.2) is 15.8 Å². The number of nitro groups is 1. The molecule has 1 N–H and O–H groups in total. The largest absolute Gasteiger partial charge is 0.308 e. The van der Waals surface area contributed by atoms with Gasteiger partial charge in [-0.1, -0.05) is 0 Å². The fraction of sp³-hybridized carbons (Fsp3) is 0. The van der Waals surface area contributed by atoms with Gasteiger partial charge in [-0.2, -0.15) is 4.39 Å². The van der Waals surface area contributed by atoms with E-state index in [1.165, 1.54) is 0 Å². The second-order valence-electron chi connectivity index (χ2n) is 3.86. The van der Waals surface area contributed by atoms with Gasteiger partial charge in [0.25, 0.3) is 5.91 Å². The van der Waals surface area contributed by atoms with Crippen LogP contribution in [0.2, 0.25) is 0 Å². The Morgan fingerprint density at radius 2 is 1.90 bits per heavy atom. The number of halogens is 3. The number of nitrogens with zero attached hydrogens (tertiary/aromatic N) is 2. The molecule has 21 heavy (non-hydrogen) atoms. The van der Waals surface area contributed by atoms with Crippen molar-refractivity contribution in [2.75, 3.05) is 5.32 Å². The van der Waals surface area contributed by atoms with Crippen LogP contribution >= 0.6 is 0 Å². The lowest BCUT2D eigenvalue weighted by Gasteiger charge is -2.06. The van der Waals surface area contributed by atoms with E-state index in [4.69, 9.17) is 0 Å². The molecule has 0 aliphatic carbocycles. The molecular formula is C12H6F3N3O3. The average molecular weight is 297 g/mol. The van der Waals surface area contributed by atoms with Crippen molar-refractivity contribution < 1.29 is 22.9 Å². The van der Waals surface area contributed by atoms with Crippen molar-refractivity contribution in [3.8, 4) is 0 Å². The van der Waals surface area contributed by atoms with E-state index in [0.717, 1.165) is 18.3 Å². The Morgan fingerprint density at radius 3 is 2.48 bits per heavy atom. The van der Waals surface area contributed by atoms with E-state index in [-0.39, 0.29) is 5.82 Å². The molecule has 1 aromatic carbocycles. The number of rotatable bonds is 3. The Kier molecular flexibility index (Phi) is 3.83. The lowest BCUT2D eigenvalue weighted by atomic mass is 10.1. The number of hydrogen-bond acceptors (Lipinski definition) is 4. The summed E-state index contributed by atoms with van der Waals surface area (Å²) >= 11 is 0. The number of amides is 1. The molecule has 1 heterocycles. The Balaban J connectivity index is 2.35. The number of carbonyl (C=O) groups is 1. The van der Waals surface area contributed by atoms with Crippen LogP contribution in [0.4, 0.5) is 24.7 Å². The Bertz CT molecular complexity index is 720. The lowest BCUT2D eigenvalue weighted by Crippen LogP contribution is -2.16. The normalized spacial score (nSPS) is 10.2. The fourth-order valence-electron chi connectivity index (χ4n) is 1.51. The van der Waals surface area contributed by atoms with Gasteiger partial charge in [-0.05, 0) is 18.2 Å². The van der Waals surface area contributed by atoms with Crippen molar-refractivity contribution in [3.63, 3.8) is 0 Å². The minimum atomic E-state index is -1.47. The fourth-order valence-corrected chi connectivity index (χ4v) is 1.51. The Morgan fingerprint density at radius 1 is 1.19 bits per heavy atom. The number of aromatic nitrogens is 1. The number of pyridine rings is 1. The third kappa shape index (κ3) is 3.14. The molecule has 2 aromatic rings. The summed E-state index contributed by atoms with van der Waals surface area (Å²) in [5.74, 6) is -4.52. The molecule has 1 amide bonds. The third-order valence-electron chi connectivity index (χ3n) is 2.43. The van der Waals surface area contributed by atoms with Gasteiger partial charge in [-0.15, -0.1) is 0 Å². The SMILES string of the molecule is O=C(Nc1ccc(F)cn1)c1cc(F)cc([N+](=O)[O-])c1F. The van der Waals surface area contributed by atoms with Gasteiger partial charge < -0.3 is 5.32 Å². The van der Waals surface area contributed by atoms with Gasteiger partial charge in [0.15, 0.2) is 0 Å². The molecule has 0 bridgehead atoms. The van der Waals surface area contributed by atoms with Crippen molar-refractivity contribution >= 4 is 17.4 Å². The van der Waals surface area contributed by atoms with E-state index < -0.39 is 39.5 Å². The van der Waals surface area contributed by atoms with E-state index >= 15 is 0 Å². The predicted octanol–water partition coefficient (Wildman–Crippen LogP) is 2.66. The smallest absolute Gasteiger partial charge is 0.306 e. The summed E-state index contributed by atoms with van der Waals surface area (Å²) in [5.41, 5.74) is -2.01. The molecule has 9 heteroatoms. The second kappa shape index (κ2) is 5.57. The molecule has 1 aromatic heterocycles. The molecule has 0 fully saturated rings. The van der Waals surface area contributed by atoms with Crippen molar-refractivity contribution in [3.05, 3.63) is 63.6 Å². The monoisotopic (exact) mass is 297 g/mol. The van der Waals surface area contributed by atoms with Gasteiger partial charge in [0.2, 0.25) is 5.82 Å². The van der Waals surface area contributed by atoms with Gasteiger partial charge in [0.1, 0.15) is 17.5 Å². The summed E-state index contributed by atoms with van der Waals surface area (Å²) in [6.45, 7) is 0. The van der Waals surface area contributed by atoms with Crippen LogP contribution in [0.3, 0.4) is 0 Å². The summed E-state index contributed by atoms with van der Waals surface area (Å²) in [6.07, 6.45) is 0.806. The van der Waals surface area contributed by atoms with Crippen molar-refractivity contribution in [1.82, 2.24) is 4.98 Å². The summed E-state index contributed by atoms with van der Waals surface area (Å²) in [7, 11) is 0. The van der Waals surface area contributed by atoms with Crippen LogP contribution in [0.5, 0.6) is 0 Å². The van der Waals surface area contributed by atoms with Crippen molar-refractivity contribution in [2.24, 2.45) is 0 Å². The molecular weight excluding hydrogens is 291 g/mol. The first-order valence-corrected chi connectivity index (χ1v) is 5.45. The molecule has 0 saturated heterocycles. The molecule has 0 aliphatic heterocycles. The highest BCUT2D eigenvalue weighted by Gasteiger charge is 2.24. The van der Waals surface area contributed by atoms with Crippen LogP contribution in [0, 0.1) is 27.6 Å². The maximum atomic E-state index is 13.8. The number of nitro benzene ring substituents is 1. The first-order valence-electron chi connectivity index (χ1n) is 5.45. The van der Waals surface area contributed by atoms with Gasteiger partial charge in [-0.3, -0.25) is 14.9 Å². The third-order valence-corrected chi connectivity index (χ3v) is 2.43.